The molecule has 216 valence electrons. The number of amides is 2. The van der Waals surface area contributed by atoms with Gasteiger partial charge in [0.05, 0.1) is 17.7 Å². The lowest BCUT2D eigenvalue weighted by molar-refractivity contribution is -0.124. The Morgan fingerprint density at radius 1 is 0.878 bits per heavy atom. The molecule has 1 aliphatic carbocycles. The summed E-state index contributed by atoms with van der Waals surface area (Å²) in [4.78, 5) is 25.0. The van der Waals surface area contributed by atoms with Crippen molar-refractivity contribution in [3.63, 3.8) is 0 Å². The number of carbonyl (C=O) groups excluding carboxylic acids is 2. The van der Waals surface area contributed by atoms with Gasteiger partial charge in [-0.25, -0.2) is 13.8 Å². The fourth-order valence-electron chi connectivity index (χ4n) is 4.61. The van der Waals surface area contributed by atoms with Crippen molar-refractivity contribution in [2.45, 2.75) is 49.5 Å². The topological polar surface area (TPSA) is 117 Å². The van der Waals surface area contributed by atoms with Gasteiger partial charge in [-0.2, -0.15) is 9.41 Å². The average molecular weight is 577 g/mol. The number of carbonyl (C=O) groups is 2. The van der Waals surface area contributed by atoms with Crippen molar-refractivity contribution in [1.29, 1.82) is 0 Å². The Kier molecular flexibility index (Phi) is 11.0. The van der Waals surface area contributed by atoms with Crippen LogP contribution < -0.4 is 15.5 Å². The smallest absolute Gasteiger partial charge is 0.258 e. The standard InChI is InChI=1S/C31H36N4O5S/c36-30(23-35(21-20-25-10-4-1-5-11-25)41(38,39)29-14-8-3-9-15-29)34-32-22-26-16-18-28(19-17-26)40-24-31(37)33-27-12-6-2-7-13-27/h1,3-5,8-11,14-19,22,27H,2,6-7,12-13,20-21,23-24H2,(H,33,37)(H,34,36)/b32-22-. The molecule has 0 unspecified atom stereocenters. The summed E-state index contributed by atoms with van der Waals surface area (Å²) in [6.07, 6.45) is 7.47. The maximum atomic E-state index is 13.3. The summed E-state index contributed by atoms with van der Waals surface area (Å²) in [5.41, 5.74) is 4.08. The van der Waals surface area contributed by atoms with Crippen molar-refractivity contribution in [2.24, 2.45) is 5.10 Å². The highest BCUT2D eigenvalue weighted by Gasteiger charge is 2.26. The lowest BCUT2D eigenvalue weighted by atomic mass is 9.95. The van der Waals surface area contributed by atoms with Crippen LogP contribution in [0.4, 0.5) is 0 Å². The quantitative estimate of drug-likeness (QED) is 0.237. The van der Waals surface area contributed by atoms with E-state index in [1.54, 1.807) is 42.5 Å². The molecule has 1 saturated carbocycles. The summed E-state index contributed by atoms with van der Waals surface area (Å²) >= 11 is 0. The molecular formula is C31H36N4O5S. The first-order valence-electron chi connectivity index (χ1n) is 13.8. The lowest BCUT2D eigenvalue weighted by Gasteiger charge is -2.22. The van der Waals surface area contributed by atoms with Crippen molar-refractivity contribution in [2.75, 3.05) is 19.7 Å². The van der Waals surface area contributed by atoms with E-state index in [9.17, 15) is 18.0 Å². The second-order valence-corrected chi connectivity index (χ2v) is 11.9. The molecule has 0 radical (unpaired) electrons. The predicted octanol–water partition coefficient (Wildman–Crippen LogP) is 3.90. The molecule has 1 aliphatic rings. The third-order valence-electron chi connectivity index (χ3n) is 6.82. The van der Waals surface area contributed by atoms with Crippen molar-refractivity contribution in [3.8, 4) is 5.75 Å². The molecule has 0 saturated heterocycles. The third kappa shape index (κ3) is 9.54. The summed E-state index contributed by atoms with van der Waals surface area (Å²) in [7, 11) is -3.89. The van der Waals surface area contributed by atoms with Crippen LogP contribution in [-0.4, -0.2) is 56.5 Å². The molecule has 0 atom stereocenters. The van der Waals surface area contributed by atoms with Crippen LogP contribution in [0.5, 0.6) is 5.75 Å². The number of benzene rings is 3. The summed E-state index contributed by atoms with van der Waals surface area (Å²) in [6.45, 7) is -0.289. The highest BCUT2D eigenvalue weighted by atomic mass is 32.2. The van der Waals surface area contributed by atoms with Gasteiger partial charge in [-0.3, -0.25) is 9.59 Å². The van der Waals surface area contributed by atoms with Gasteiger partial charge >= 0.3 is 0 Å². The zero-order valence-corrected chi connectivity index (χ0v) is 23.8. The van der Waals surface area contributed by atoms with E-state index in [1.165, 1.54) is 24.8 Å². The van der Waals surface area contributed by atoms with Crippen LogP contribution in [0.15, 0.2) is 94.9 Å². The van der Waals surface area contributed by atoms with Gasteiger partial charge in [-0.05, 0) is 66.8 Å². The van der Waals surface area contributed by atoms with Gasteiger partial charge in [0, 0.05) is 12.6 Å². The highest BCUT2D eigenvalue weighted by Crippen LogP contribution is 2.18. The Hall–Kier alpha value is -4.02. The predicted molar refractivity (Wildman–Crippen MR) is 158 cm³/mol. The van der Waals surface area contributed by atoms with Gasteiger partial charge in [0.2, 0.25) is 10.0 Å². The zero-order valence-electron chi connectivity index (χ0n) is 22.9. The molecule has 1 fully saturated rings. The molecule has 2 N–H and O–H groups in total. The number of hydrogen-bond donors (Lipinski definition) is 2. The number of sulfonamides is 1. The van der Waals surface area contributed by atoms with E-state index in [0.29, 0.717) is 17.7 Å². The second-order valence-electron chi connectivity index (χ2n) is 9.94. The number of nitrogens with zero attached hydrogens (tertiary/aromatic N) is 2. The first-order valence-corrected chi connectivity index (χ1v) is 15.3. The van der Waals surface area contributed by atoms with Gasteiger partial charge in [-0.1, -0.05) is 67.8 Å². The Bertz CT molecular complexity index is 1390. The van der Waals surface area contributed by atoms with Crippen LogP contribution in [0.2, 0.25) is 0 Å². The van der Waals surface area contributed by atoms with Crippen LogP contribution in [0.3, 0.4) is 0 Å². The van der Waals surface area contributed by atoms with Gasteiger partial charge in [0.1, 0.15) is 5.75 Å². The fourth-order valence-corrected chi connectivity index (χ4v) is 6.03. The number of ether oxygens (including phenoxy) is 1. The SMILES string of the molecule is O=C(CN(CCc1ccccc1)S(=O)(=O)c1ccccc1)N/N=C\c1ccc(OCC(=O)NC2CCCCC2)cc1. The van der Waals surface area contributed by atoms with E-state index < -0.39 is 15.9 Å². The van der Waals surface area contributed by atoms with Crippen LogP contribution in [0.1, 0.15) is 43.2 Å². The zero-order chi connectivity index (χ0) is 28.9. The van der Waals surface area contributed by atoms with E-state index in [0.717, 1.165) is 35.6 Å². The van der Waals surface area contributed by atoms with Crippen LogP contribution in [0.25, 0.3) is 0 Å². The molecular weight excluding hydrogens is 540 g/mol. The van der Waals surface area contributed by atoms with Gasteiger partial charge < -0.3 is 10.1 Å². The highest BCUT2D eigenvalue weighted by molar-refractivity contribution is 7.89. The van der Waals surface area contributed by atoms with Gasteiger partial charge in [-0.15, -0.1) is 0 Å². The first-order chi connectivity index (χ1) is 19.9. The maximum absolute atomic E-state index is 13.3. The van der Waals surface area contributed by atoms with Crippen molar-refractivity contribution in [3.05, 3.63) is 96.1 Å². The van der Waals surface area contributed by atoms with Gasteiger partial charge in [0.15, 0.2) is 6.61 Å². The molecule has 3 aromatic rings. The lowest BCUT2D eigenvalue weighted by Crippen LogP contribution is -2.40. The molecule has 3 aromatic carbocycles. The second kappa shape index (κ2) is 15.1. The van der Waals surface area contributed by atoms with Crippen molar-refractivity contribution >= 4 is 28.1 Å². The molecule has 0 aromatic heterocycles. The summed E-state index contributed by atoms with van der Waals surface area (Å²) in [6, 6.07) is 24.7. The summed E-state index contributed by atoms with van der Waals surface area (Å²) in [5, 5.41) is 7.01. The Balaban J connectivity index is 1.28. The number of hydrogen-bond acceptors (Lipinski definition) is 6. The minimum atomic E-state index is -3.89. The number of hydrazone groups is 1. The minimum Gasteiger partial charge on any atom is -0.484 e. The average Bonchev–Trinajstić information content (AvgIpc) is 3.00. The first kappa shape index (κ1) is 30.0. The van der Waals surface area contributed by atoms with E-state index in [2.05, 4.69) is 15.8 Å². The van der Waals surface area contributed by atoms with E-state index in [4.69, 9.17) is 4.74 Å². The van der Waals surface area contributed by atoms with Crippen LogP contribution >= 0.6 is 0 Å². The van der Waals surface area contributed by atoms with Crippen molar-refractivity contribution in [1.82, 2.24) is 15.0 Å². The molecule has 0 spiro atoms. The fraction of sp³-hybridized carbons (Fsp3) is 0.323. The largest absolute Gasteiger partial charge is 0.484 e. The molecule has 9 nitrogen and oxygen atoms in total. The van der Waals surface area contributed by atoms with E-state index >= 15 is 0 Å². The maximum Gasteiger partial charge on any atom is 0.258 e. The summed E-state index contributed by atoms with van der Waals surface area (Å²) in [5.74, 6) is -0.139. The van der Waals surface area contributed by atoms with Crippen LogP contribution in [0, 0.1) is 0 Å². The summed E-state index contributed by atoms with van der Waals surface area (Å²) < 4.78 is 33.3. The Morgan fingerprint density at radius 3 is 2.22 bits per heavy atom. The van der Waals surface area contributed by atoms with Crippen LogP contribution in [-0.2, 0) is 26.0 Å². The van der Waals surface area contributed by atoms with E-state index in [-0.39, 0.29) is 36.5 Å². The minimum absolute atomic E-state index is 0.0490. The molecule has 0 aliphatic heterocycles. The number of rotatable bonds is 13. The van der Waals surface area contributed by atoms with Crippen molar-refractivity contribution < 1.29 is 22.7 Å². The molecule has 0 heterocycles. The Labute approximate surface area is 241 Å². The normalized spacial score (nSPS) is 14.2. The molecule has 41 heavy (non-hydrogen) atoms. The monoisotopic (exact) mass is 576 g/mol. The molecule has 2 amide bonds. The molecule has 0 bridgehead atoms. The third-order valence-corrected chi connectivity index (χ3v) is 8.68. The van der Waals surface area contributed by atoms with E-state index in [1.807, 2.05) is 30.3 Å². The van der Waals surface area contributed by atoms with Gasteiger partial charge in [0.25, 0.3) is 11.8 Å². The molecule has 4 rings (SSSR count). The molecule has 10 heteroatoms. The number of nitrogens with one attached hydrogen (secondary N) is 2. The Morgan fingerprint density at radius 2 is 1.54 bits per heavy atom.